The van der Waals surface area contributed by atoms with Gasteiger partial charge in [0.15, 0.2) is 0 Å². The first kappa shape index (κ1) is 24.7. The zero-order valence-corrected chi connectivity index (χ0v) is 17.1. The molecule has 0 unspecified atom stereocenters. The summed E-state index contributed by atoms with van der Waals surface area (Å²) in [6.45, 7) is 7.19. The topological polar surface area (TPSA) is 77.5 Å². The molecule has 2 heterocycles. The van der Waals surface area contributed by atoms with Crippen LogP contribution in [0.25, 0.3) is 6.08 Å². The maximum Gasteiger partial charge on any atom is 0.267 e. The molecule has 1 aromatic heterocycles. The van der Waals surface area contributed by atoms with Crippen LogP contribution < -0.4 is 10.8 Å². The van der Waals surface area contributed by atoms with Crippen molar-refractivity contribution in [1.29, 1.82) is 0 Å². The Kier molecular flexibility index (Phi) is 11.5. The van der Waals surface area contributed by atoms with E-state index in [-0.39, 0.29) is 24.8 Å². The third kappa shape index (κ3) is 7.93. The van der Waals surface area contributed by atoms with E-state index in [9.17, 15) is 4.79 Å². The number of nitrogens with zero attached hydrogens (tertiary/aromatic N) is 2. The normalized spacial score (nSPS) is 16.5. The highest BCUT2D eigenvalue weighted by molar-refractivity contribution is 6.33. The van der Waals surface area contributed by atoms with Gasteiger partial charge in [0.05, 0.1) is 5.02 Å². The zero-order chi connectivity index (χ0) is 17.5. The van der Waals surface area contributed by atoms with Crippen LogP contribution in [0.1, 0.15) is 25.8 Å². The van der Waals surface area contributed by atoms with Crippen molar-refractivity contribution in [2.24, 2.45) is 0 Å². The van der Waals surface area contributed by atoms with Gasteiger partial charge >= 0.3 is 0 Å². The fourth-order valence-corrected chi connectivity index (χ4v) is 2.71. The summed E-state index contributed by atoms with van der Waals surface area (Å²) in [6.07, 6.45) is 7.65. The molecule has 9 heteroatoms. The number of carbonyl (C=O) groups is 1. The molecule has 26 heavy (non-hydrogen) atoms. The average molecular weight is 424 g/mol. The molecular formula is C17H25Cl3N4O2. The van der Waals surface area contributed by atoms with Gasteiger partial charge in [0.25, 0.3) is 5.91 Å². The summed E-state index contributed by atoms with van der Waals surface area (Å²) < 4.78 is 0. The minimum Gasteiger partial charge on any atom is -0.365 e. The quantitative estimate of drug-likeness (QED) is 0.282. The first-order valence-corrected chi connectivity index (χ1v) is 8.25. The fourth-order valence-electron chi connectivity index (χ4n) is 2.48. The molecule has 2 rings (SSSR count). The molecule has 0 radical (unpaired) electrons. The molecule has 6 nitrogen and oxygen atoms in total. The van der Waals surface area contributed by atoms with E-state index < -0.39 is 5.91 Å². The minimum atomic E-state index is -0.601. The number of hydrogen-bond acceptors (Lipinski definition) is 5. The SMILES string of the molecule is CC(C)=CCN1CC[C@@H](Nc2ncc(C=CC(=O)NO)cc2Cl)C1.Cl.Cl. The molecule has 146 valence electrons. The molecule has 1 fully saturated rings. The Morgan fingerprint density at radius 1 is 1.46 bits per heavy atom. The first-order chi connectivity index (χ1) is 11.5. The predicted octanol–water partition coefficient (Wildman–Crippen LogP) is 3.55. The van der Waals surface area contributed by atoms with E-state index in [1.807, 2.05) is 0 Å². The summed E-state index contributed by atoms with van der Waals surface area (Å²) >= 11 is 6.26. The van der Waals surface area contributed by atoms with E-state index in [0.717, 1.165) is 26.1 Å². The number of hydroxylamine groups is 1. The molecule has 0 aromatic carbocycles. The van der Waals surface area contributed by atoms with Gasteiger partial charge in [0, 0.05) is 37.9 Å². The molecule has 0 spiro atoms. The van der Waals surface area contributed by atoms with Gasteiger partial charge in [0.1, 0.15) is 5.82 Å². The number of aromatic nitrogens is 1. The van der Waals surface area contributed by atoms with Crippen molar-refractivity contribution < 1.29 is 10.0 Å². The Balaban J connectivity index is 0.00000312. The number of carbonyl (C=O) groups excluding carboxylic acids is 1. The highest BCUT2D eigenvalue weighted by Gasteiger charge is 2.22. The van der Waals surface area contributed by atoms with E-state index in [2.05, 4.69) is 35.1 Å². The number of allylic oxidation sites excluding steroid dienone is 1. The first-order valence-electron chi connectivity index (χ1n) is 7.88. The maximum absolute atomic E-state index is 11.0. The molecule has 1 aliphatic heterocycles. The Labute approximate surface area is 171 Å². The molecule has 1 atom stereocenters. The van der Waals surface area contributed by atoms with Crippen molar-refractivity contribution in [2.45, 2.75) is 26.3 Å². The van der Waals surface area contributed by atoms with E-state index >= 15 is 0 Å². The number of halogens is 3. The Bertz CT molecular complexity index is 649. The van der Waals surface area contributed by atoms with Crippen LogP contribution in [0.2, 0.25) is 5.02 Å². The molecule has 1 aliphatic rings. The smallest absolute Gasteiger partial charge is 0.267 e. The van der Waals surface area contributed by atoms with Gasteiger partial charge in [-0.05, 0) is 38.0 Å². The molecule has 0 bridgehead atoms. The second kappa shape index (κ2) is 12.1. The van der Waals surface area contributed by atoms with Crippen LogP contribution >= 0.6 is 36.4 Å². The highest BCUT2D eigenvalue weighted by Crippen LogP contribution is 2.23. The predicted molar refractivity (Wildman–Crippen MR) is 111 cm³/mol. The number of anilines is 1. The molecule has 3 N–H and O–H groups in total. The summed E-state index contributed by atoms with van der Waals surface area (Å²) in [5, 5.41) is 12.3. The molecule has 1 amide bonds. The monoisotopic (exact) mass is 422 g/mol. The Hall–Kier alpha value is -1.31. The lowest BCUT2D eigenvalue weighted by Gasteiger charge is -2.16. The lowest BCUT2D eigenvalue weighted by Crippen LogP contribution is -2.26. The van der Waals surface area contributed by atoms with Crippen molar-refractivity contribution >= 4 is 54.2 Å². The van der Waals surface area contributed by atoms with Crippen molar-refractivity contribution in [3.05, 3.63) is 40.6 Å². The Morgan fingerprint density at radius 3 is 2.81 bits per heavy atom. The summed E-state index contributed by atoms with van der Waals surface area (Å²) in [5.74, 6) is 0.0465. The summed E-state index contributed by atoms with van der Waals surface area (Å²) in [4.78, 5) is 17.7. The zero-order valence-electron chi connectivity index (χ0n) is 14.7. The van der Waals surface area contributed by atoms with Gasteiger partial charge in [-0.25, -0.2) is 10.5 Å². The van der Waals surface area contributed by atoms with Crippen LogP contribution in [0.4, 0.5) is 5.82 Å². The number of rotatable bonds is 6. The number of nitrogens with one attached hydrogen (secondary N) is 2. The van der Waals surface area contributed by atoms with Crippen molar-refractivity contribution in [3.8, 4) is 0 Å². The van der Waals surface area contributed by atoms with Gasteiger partial charge in [0.2, 0.25) is 0 Å². The van der Waals surface area contributed by atoms with Gasteiger partial charge in [-0.15, -0.1) is 24.8 Å². The maximum atomic E-state index is 11.0. The van der Waals surface area contributed by atoms with Crippen LogP contribution in [-0.2, 0) is 4.79 Å². The second-order valence-corrected chi connectivity index (χ2v) is 6.49. The summed E-state index contributed by atoms with van der Waals surface area (Å²) in [6, 6.07) is 2.05. The second-order valence-electron chi connectivity index (χ2n) is 6.08. The van der Waals surface area contributed by atoms with Gasteiger partial charge in [-0.1, -0.05) is 23.3 Å². The summed E-state index contributed by atoms with van der Waals surface area (Å²) in [7, 11) is 0. The molecule has 0 aliphatic carbocycles. The van der Waals surface area contributed by atoms with Crippen molar-refractivity contribution in [2.75, 3.05) is 25.0 Å². The van der Waals surface area contributed by atoms with Gasteiger partial charge < -0.3 is 5.32 Å². The number of pyridine rings is 1. The fraction of sp³-hybridized carbons (Fsp3) is 0.412. The third-order valence-corrected chi connectivity index (χ3v) is 4.06. The van der Waals surface area contributed by atoms with Crippen LogP contribution in [-0.4, -0.2) is 46.7 Å². The van der Waals surface area contributed by atoms with Gasteiger partial charge in [-0.2, -0.15) is 0 Å². The van der Waals surface area contributed by atoms with E-state index in [0.29, 0.717) is 22.4 Å². The molecule has 1 saturated heterocycles. The number of likely N-dealkylation sites (tertiary alicyclic amines) is 1. The lowest BCUT2D eigenvalue weighted by molar-refractivity contribution is -0.124. The van der Waals surface area contributed by atoms with Crippen LogP contribution in [0, 0.1) is 0 Å². The third-order valence-electron chi connectivity index (χ3n) is 3.77. The molecule has 1 aromatic rings. The van der Waals surface area contributed by atoms with Gasteiger partial charge in [-0.3, -0.25) is 14.9 Å². The lowest BCUT2D eigenvalue weighted by atomic mass is 10.2. The van der Waals surface area contributed by atoms with Crippen LogP contribution in [0.15, 0.2) is 30.0 Å². The minimum absolute atomic E-state index is 0. The van der Waals surface area contributed by atoms with E-state index in [1.165, 1.54) is 23.2 Å². The number of amides is 1. The van der Waals surface area contributed by atoms with E-state index in [4.69, 9.17) is 16.8 Å². The van der Waals surface area contributed by atoms with Crippen molar-refractivity contribution in [1.82, 2.24) is 15.4 Å². The van der Waals surface area contributed by atoms with Crippen molar-refractivity contribution in [3.63, 3.8) is 0 Å². The highest BCUT2D eigenvalue weighted by atomic mass is 35.5. The number of hydrogen-bond donors (Lipinski definition) is 3. The van der Waals surface area contributed by atoms with Crippen LogP contribution in [0.3, 0.4) is 0 Å². The summed E-state index contributed by atoms with van der Waals surface area (Å²) in [5.41, 5.74) is 3.54. The largest absolute Gasteiger partial charge is 0.365 e. The van der Waals surface area contributed by atoms with E-state index in [1.54, 1.807) is 12.3 Å². The Morgan fingerprint density at radius 2 is 2.19 bits per heavy atom. The standard InChI is InChI=1S/C17H23ClN4O2.2ClH/c1-12(2)5-7-22-8-6-14(11-22)20-17-15(18)9-13(10-19-17)3-4-16(23)21-24;;/h3-5,9-10,14,24H,6-8,11H2,1-2H3,(H,19,20)(H,21,23);2*1H/t14-;;/m1../s1. The molecular weight excluding hydrogens is 399 g/mol. The molecule has 0 saturated carbocycles. The van der Waals surface area contributed by atoms with Crippen LogP contribution in [0.5, 0.6) is 0 Å². The average Bonchev–Trinajstić information content (AvgIpc) is 3.00.